The van der Waals surface area contributed by atoms with E-state index in [1.54, 1.807) is 28.2 Å². The van der Waals surface area contributed by atoms with Gasteiger partial charge in [-0.2, -0.15) is 10.1 Å². The number of rotatable bonds is 1. The predicted octanol–water partition coefficient (Wildman–Crippen LogP) is 1.25. The van der Waals surface area contributed by atoms with Crippen molar-refractivity contribution in [2.75, 3.05) is 0 Å². The lowest BCUT2D eigenvalue weighted by atomic mass is 10.4. The number of hydrogen-bond donors (Lipinski definition) is 0. The number of thiazole rings is 1. The Balaban J connectivity index is 2.23. The van der Waals surface area contributed by atoms with Gasteiger partial charge >= 0.3 is 0 Å². The van der Waals surface area contributed by atoms with Crippen LogP contribution >= 0.6 is 11.3 Å². The van der Waals surface area contributed by atoms with Crippen molar-refractivity contribution in [2.45, 2.75) is 0 Å². The molecule has 0 spiro atoms. The molecule has 0 radical (unpaired) electrons. The number of aromatic nitrogens is 5. The Hall–Kier alpha value is -1.82. The van der Waals surface area contributed by atoms with Crippen molar-refractivity contribution in [2.24, 2.45) is 0 Å². The van der Waals surface area contributed by atoms with E-state index in [1.165, 1.54) is 6.33 Å². The minimum absolute atomic E-state index is 0.602. The Bertz CT molecular complexity index is 556. The largest absolute Gasteiger partial charge is 0.252 e. The molecule has 0 unspecified atom stereocenters. The number of hydrogen-bond acceptors (Lipinski definition) is 5. The molecule has 3 rings (SSSR count). The molecule has 14 heavy (non-hydrogen) atoms. The van der Waals surface area contributed by atoms with Crippen LogP contribution < -0.4 is 0 Å². The van der Waals surface area contributed by atoms with Crippen LogP contribution in [-0.4, -0.2) is 24.6 Å². The average molecular weight is 203 g/mol. The molecular weight excluding hydrogens is 198 g/mol. The minimum atomic E-state index is 0.602. The molecule has 0 amide bonds. The minimum Gasteiger partial charge on any atom is -0.244 e. The van der Waals surface area contributed by atoms with E-state index in [0.717, 1.165) is 10.6 Å². The van der Waals surface area contributed by atoms with Gasteiger partial charge in [0.25, 0.3) is 5.78 Å². The first-order chi connectivity index (χ1) is 6.93. The lowest BCUT2D eigenvalue weighted by Crippen LogP contribution is -1.91. The molecule has 0 saturated carbocycles. The first-order valence-electron chi connectivity index (χ1n) is 3.99. The summed E-state index contributed by atoms with van der Waals surface area (Å²) in [5.41, 5.74) is 0.956. The van der Waals surface area contributed by atoms with E-state index < -0.39 is 0 Å². The summed E-state index contributed by atoms with van der Waals surface area (Å²) in [7, 11) is 0. The van der Waals surface area contributed by atoms with Gasteiger partial charge in [-0.25, -0.2) is 14.5 Å². The molecule has 68 valence electrons. The van der Waals surface area contributed by atoms with E-state index in [1.807, 2.05) is 11.6 Å². The van der Waals surface area contributed by atoms with E-state index in [2.05, 4.69) is 20.1 Å². The van der Waals surface area contributed by atoms with Crippen LogP contribution in [0, 0.1) is 0 Å². The summed E-state index contributed by atoms with van der Waals surface area (Å²) in [4.78, 5) is 12.3. The monoisotopic (exact) mass is 203 g/mol. The van der Waals surface area contributed by atoms with Gasteiger partial charge in [0.1, 0.15) is 11.3 Å². The molecule has 0 N–H and O–H groups in total. The number of fused-ring (bicyclic) bond motifs is 1. The van der Waals surface area contributed by atoms with E-state index in [-0.39, 0.29) is 0 Å². The summed E-state index contributed by atoms with van der Waals surface area (Å²) >= 11 is 1.57. The summed E-state index contributed by atoms with van der Waals surface area (Å²) < 4.78 is 1.64. The molecule has 5 nitrogen and oxygen atoms in total. The van der Waals surface area contributed by atoms with Crippen LogP contribution in [0.25, 0.3) is 16.3 Å². The molecule has 0 fully saturated rings. The fraction of sp³-hybridized carbons (Fsp3) is 0. The average Bonchev–Trinajstić information content (AvgIpc) is 2.88. The zero-order valence-corrected chi connectivity index (χ0v) is 7.85. The highest BCUT2D eigenvalue weighted by Gasteiger charge is 2.03. The molecule has 3 aromatic heterocycles. The summed E-state index contributed by atoms with van der Waals surface area (Å²) in [6.07, 6.45) is 6.87. The first-order valence-corrected chi connectivity index (χ1v) is 4.87. The van der Waals surface area contributed by atoms with Crippen LogP contribution in [0.4, 0.5) is 0 Å². The van der Waals surface area contributed by atoms with Crippen LogP contribution in [0.1, 0.15) is 0 Å². The van der Waals surface area contributed by atoms with Crippen molar-refractivity contribution >= 4 is 17.1 Å². The molecule has 0 saturated heterocycles. The Morgan fingerprint density at radius 2 is 2.21 bits per heavy atom. The van der Waals surface area contributed by atoms with Crippen molar-refractivity contribution in [3.63, 3.8) is 0 Å². The van der Waals surface area contributed by atoms with E-state index >= 15 is 0 Å². The SMILES string of the molecule is c1csc(-c2cnc3ncnn3c2)n1. The molecule has 6 heteroatoms. The van der Waals surface area contributed by atoms with Gasteiger partial charge in [-0.1, -0.05) is 0 Å². The molecule has 0 bridgehead atoms. The summed E-state index contributed by atoms with van der Waals surface area (Å²) in [5, 5.41) is 6.88. The second-order valence-corrected chi connectivity index (χ2v) is 3.58. The highest BCUT2D eigenvalue weighted by Crippen LogP contribution is 2.19. The van der Waals surface area contributed by atoms with Crippen LogP contribution in [0.15, 0.2) is 30.3 Å². The molecule has 0 atom stereocenters. The van der Waals surface area contributed by atoms with Gasteiger partial charge in [0.15, 0.2) is 0 Å². The van der Waals surface area contributed by atoms with Gasteiger partial charge in [-0.3, -0.25) is 0 Å². The van der Waals surface area contributed by atoms with Gasteiger partial charge in [-0.05, 0) is 0 Å². The van der Waals surface area contributed by atoms with Crippen LogP contribution in [0.5, 0.6) is 0 Å². The number of nitrogens with zero attached hydrogens (tertiary/aromatic N) is 5. The maximum absolute atomic E-state index is 4.19. The molecule has 0 aromatic carbocycles. The molecule has 0 aliphatic heterocycles. The van der Waals surface area contributed by atoms with E-state index in [0.29, 0.717) is 5.78 Å². The summed E-state index contributed by atoms with van der Waals surface area (Å²) in [6.45, 7) is 0. The molecule has 0 aliphatic carbocycles. The Kier molecular flexibility index (Phi) is 1.54. The normalized spacial score (nSPS) is 10.9. The van der Waals surface area contributed by atoms with Crippen molar-refractivity contribution in [1.29, 1.82) is 0 Å². The summed E-state index contributed by atoms with van der Waals surface area (Å²) in [5.74, 6) is 0.602. The van der Waals surface area contributed by atoms with Crippen molar-refractivity contribution < 1.29 is 0 Å². The van der Waals surface area contributed by atoms with Gasteiger partial charge in [0.2, 0.25) is 0 Å². The Morgan fingerprint density at radius 3 is 3.07 bits per heavy atom. The van der Waals surface area contributed by atoms with E-state index in [9.17, 15) is 0 Å². The quantitative estimate of drug-likeness (QED) is 0.597. The predicted molar refractivity (Wildman–Crippen MR) is 51.9 cm³/mol. The Morgan fingerprint density at radius 1 is 1.21 bits per heavy atom. The molecule has 3 aromatic rings. The molecular formula is C8H5N5S. The third kappa shape index (κ3) is 1.08. The standard InChI is InChI=1S/C8H5N5S/c1-2-14-7(9-1)6-3-10-8-11-5-12-13(8)4-6/h1-5H. The highest BCUT2D eigenvalue weighted by atomic mass is 32.1. The maximum Gasteiger partial charge on any atom is 0.252 e. The van der Waals surface area contributed by atoms with E-state index in [4.69, 9.17) is 0 Å². The lowest BCUT2D eigenvalue weighted by Gasteiger charge is -1.95. The second-order valence-electron chi connectivity index (χ2n) is 2.68. The van der Waals surface area contributed by atoms with Crippen molar-refractivity contribution in [1.82, 2.24) is 24.6 Å². The lowest BCUT2D eigenvalue weighted by molar-refractivity contribution is 0.940. The summed E-state index contributed by atoms with van der Waals surface area (Å²) in [6, 6.07) is 0. The first kappa shape index (κ1) is 7.57. The Labute approximate surface area is 83.1 Å². The van der Waals surface area contributed by atoms with Gasteiger partial charge in [0, 0.05) is 29.5 Å². The fourth-order valence-corrected chi connectivity index (χ4v) is 1.81. The van der Waals surface area contributed by atoms with Gasteiger partial charge < -0.3 is 0 Å². The molecule has 3 heterocycles. The third-order valence-corrected chi connectivity index (χ3v) is 2.64. The van der Waals surface area contributed by atoms with Crippen molar-refractivity contribution in [3.8, 4) is 10.6 Å². The topological polar surface area (TPSA) is 56.0 Å². The highest BCUT2D eigenvalue weighted by molar-refractivity contribution is 7.13. The van der Waals surface area contributed by atoms with Gasteiger partial charge in [0.05, 0.1) is 0 Å². The van der Waals surface area contributed by atoms with Crippen LogP contribution in [0.3, 0.4) is 0 Å². The zero-order chi connectivity index (χ0) is 9.38. The zero-order valence-electron chi connectivity index (χ0n) is 7.03. The maximum atomic E-state index is 4.19. The third-order valence-electron chi connectivity index (χ3n) is 1.81. The van der Waals surface area contributed by atoms with Crippen LogP contribution in [0.2, 0.25) is 0 Å². The van der Waals surface area contributed by atoms with Crippen LogP contribution in [-0.2, 0) is 0 Å². The van der Waals surface area contributed by atoms with Gasteiger partial charge in [-0.15, -0.1) is 11.3 Å². The smallest absolute Gasteiger partial charge is 0.244 e. The molecule has 0 aliphatic rings. The fourth-order valence-electron chi connectivity index (χ4n) is 1.20. The van der Waals surface area contributed by atoms with Crippen molar-refractivity contribution in [3.05, 3.63) is 30.3 Å². The second kappa shape index (κ2) is 2.85.